The summed E-state index contributed by atoms with van der Waals surface area (Å²) in [4.78, 5) is 35.6. The number of nitrogens with zero attached hydrogens (tertiary/aromatic N) is 2. The average Bonchev–Trinajstić information content (AvgIpc) is 2.41. The second-order valence-corrected chi connectivity index (χ2v) is 5.45. The molecule has 0 spiro atoms. The second-order valence-electron chi connectivity index (χ2n) is 4.21. The zero-order valence-corrected chi connectivity index (χ0v) is 12.3. The van der Waals surface area contributed by atoms with Crippen LogP contribution >= 0.6 is 7.82 Å². The number of hydrogen-bond donors (Lipinski definition) is 5. The molecule has 0 aliphatic heterocycles. The number of aryl methyl sites for hydroxylation is 1. The molecule has 0 bridgehead atoms. The number of carboxylic acids is 1. The number of phosphoric ester groups is 1. The van der Waals surface area contributed by atoms with Crippen molar-refractivity contribution in [2.45, 2.75) is 19.6 Å². The maximum absolute atomic E-state index is 10.8. The van der Waals surface area contributed by atoms with Crippen molar-refractivity contribution in [1.82, 2.24) is 4.98 Å². The lowest BCUT2D eigenvalue weighted by Gasteiger charge is -2.11. The highest BCUT2D eigenvalue weighted by Crippen LogP contribution is 2.37. The van der Waals surface area contributed by atoms with E-state index in [1.807, 2.05) is 0 Å². The van der Waals surface area contributed by atoms with Crippen molar-refractivity contribution in [2.24, 2.45) is 4.99 Å². The minimum atomic E-state index is -4.73. The average molecular weight is 334 g/mol. The molecule has 1 aromatic rings. The summed E-state index contributed by atoms with van der Waals surface area (Å²) in [6, 6.07) is -1.43. The lowest BCUT2D eigenvalue weighted by atomic mass is 10.1. The van der Waals surface area contributed by atoms with E-state index < -0.39 is 33.0 Å². The lowest BCUT2D eigenvalue weighted by Crippen LogP contribution is -2.22. The van der Waals surface area contributed by atoms with Gasteiger partial charge in [0.1, 0.15) is 5.75 Å². The molecule has 0 aliphatic carbocycles. The summed E-state index contributed by atoms with van der Waals surface area (Å²) >= 11 is 0. The highest BCUT2D eigenvalue weighted by Gasteiger charge is 2.18. The van der Waals surface area contributed by atoms with Gasteiger partial charge >= 0.3 is 13.8 Å². The van der Waals surface area contributed by atoms with Crippen LogP contribution in [0.5, 0.6) is 5.75 Å². The fraction of sp³-hybridized carbons (Fsp3) is 0.364. The fourth-order valence-corrected chi connectivity index (χ4v) is 1.73. The first-order chi connectivity index (χ1) is 10.2. The Morgan fingerprint density at radius 2 is 2.18 bits per heavy atom. The number of aliphatic hydroxyl groups is 1. The molecule has 122 valence electrons. The summed E-state index contributed by atoms with van der Waals surface area (Å²) in [6.07, 6.45) is 2.19. The highest BCUT2D eigenvalue weighted by atomic mass is 31.2. The molecule has 0 unspecified atom stereocenters. The smallest absolute Gasteiger partial charge is 0.469 e. The normalized spacial score (nSPS) is 13.5. The number of rotatable bonds is 7. The Labute approximate surface area is 125 Å². The van der Waals surface area contributed by atoms with E-state index >= 15 is 0 Å². The van der Waals surface area contributed by atoms with Gasteiger partial charge in [0.15, 0.2) is 6.04 Å². The van der Waals surface area contributed by atoms with Crippen LogP contribution < -0.4 is 0 Å². The van der Waals surface area contributed by atoms with E-state index in [1.165, 1.54) is 13.1 Å². The molecule has 11 heteroatoms. The molecule has 10 nitrogen and oxygen atoms in total. The zero-order chi connectivity index (χ0) is 16.9. The van der Waals surface area contributed by atoms with Crippen molar-refractivity contribution in [3.8, 4) is 5.75 Å². The summed E-state index contributed by atoms with van der Waals surface area (Å²) < 4.78 is 15.0. The Kier molecular flexibility index (Phi) is 6.15. The first-order valence-corrected chi connectivity index (χ1v) is 7.43. The van der Waals surface area contributed by atoms with Gasteiger partial charge in [0, 0.05) is 23.5 Å². The SMILES string of the molecule is Cc1ncc(COP(=O)(O)O)c(C=N[C@H](CO)C(=O)O)c1O. The fourth-order valence-electron chi connectivity index (χ4n) is 1.42. The number of carbonyl (C=O) groups is 1. The Bertz CT molecular complexity index is 627. The van der Waals surface area contributed by atoms with Crippen molar-refractivity contribution < 1.29 is 39.0 Å². The van der Waals surface area contributed by atoms with Gasteiger partial charge in [-0.1, -0.05) is 0 Å². The maximum Gasteiger partial charge on any atom is 0.469 e. The van der Waals surface area contributed by atoms with E-state index in [4.69, 9.17) is 20.0 Å². The monoisotopic (exact) mass is 334 g/mol. The number of aliphatic carboxylic acids is 1. The Morgan fingerprint density at radius 1 is 1.55 bits per heavy atom. The molecule has 22 heavy (non-hydrogen) atoms. The van der Waals surface area contributed by atoms with E-state index in [9.17, 15) is 14.5 Å². The molecule has 0 radical (unpaired) electrons. The van der Waals surface area contributed by atoms with Gasteiger partial charge in [-0.15, -0.1) is 0 Å². The molecule has 1 heterocycles. The Hall–Kier alpha value is -1.84. The molecule has 1 rings (SSSR count). The summed E-state index contributed by atoms with van der Waals surface area (Å²) in [7, 11) is -4.73. The van der Waals surface area contributed by atoms with Crippen LogP contribution in [-0.4, -0.2) is 54.9 Å². The molecule has 0 aliphatic rings. The summed E-state index contributed by atoms with van der Waals surface area (Å²) in [5, 5.41) is 27.6. The van der Waals surface area contributed by atoms with Gasteiger partial charge in [0.2, 0.25) is 0 Å². The van der Waals surface area contributed by atoms with E-state index in [1.54, 1.807) is 0 Å². The number of aliphatic hydroxyl groups excluding tert-OH is 1. The number of hydrogen-bond acceptors (Lipinski definition) is 7. The predicted molar refractivity (Wildman–Crippen MR) is 73.6 cm³/mol. The molecular formula is C11H15N2O8P. The molecule has 0 fully saturated rings. The van der Waals surface area contributed by atoms with E-state index in [2.05, 4.69) is 14.5 Å². The van der Waals surface area contributed by atoms with Crippen molar-refractivity contribution in [1.29, 1.82) is 0 Å². The van der Waals surface area contributed by atoms with Crippen LogP contribution in [-0.2, 0) is 20.5 Å². The topological polar surface area (TPSA) is 170 Å². The Morgan fingerprint density at radius 3 is 2.68 bits per heavy atom. The quantitative estimate of drug-likeness (QED) is 0.328. The van der Waals surface area contributed by atoms with Gasteiger partial charge in [-0.25, -0.2) is 9.36 Å². The largest absolute Gasteiger partial charge is 0.505 e. The second kappa shape index (κ2) is 7.43. The van der Waals surface area contributed by atoms with Gasteiger partial charge in [-0.2, -0.15) is 0 Å². The number of aromatic nitrogens is 1. The molecule has 0 saturated carbocycles. The van der Waals surface area contributed by atoms with Crippen LogP contribution in [0.1, 0.15) is 16.8 Å². The Balaban J connectivity index is 3.14. The molecule has 0 aromatic carbocycles. The number of pyridine rings is 1. The van der Waals surface area contributed by atoms with E-state index in [0.717, 1.165) is 6.21 Å². The zero-order valence-electron chi connectivity index (χ0n) is 11.4. The van der Waals surface area contributed by atoms with Crippen LogP contribution in [0.2, 0.25) is 0 Å². The van der Waals surface area contributed by atoms with Gasteiger partial charge in [-0.3, -0.25) is 14.5 Å². The third-order valence-corrected chi connectivity index (χ3v) is 3.05. The molecular weight excluding hydrogens is 319 g/mol. The highest BCUT2D eigenvalue weighted by molar-refractivity contribution is 7.46. The molecule has 0 saturated heterocycles. The minimum Gasteiger partial charge on any atom is -0.505 e. The number of carboxylic acid groups (broad SMARTS) is 1. The van der Waals surface area contributed by atoms with E-state index in [-0.39, 0.29) is 22.6 Å². The molecule has 1 atom stereocenters. The van der Waals surface area contributed by atoms with Gasteiger partial charge in [-0.05, 0) is 6.92 Å². The number of phosphoric acid groups is 1. The first-order valence-electron chi connectivity index (χ1n) is 5.90. The maximum atomic E-state index is 10.8. The summed E-state index contributed by atoms with van der Waals surface area (Å²) in [5.41, 5.74) is 0.301. The lowest BCUT2D eigenvalue weighted by molar-refractivity contribution is -0.139. The van der Waals surface area contributed by atoms with Crippen LogP contribution in [0, 0.1) is 6.92 Å². The summed E-state index contributed by atoms with van der Waals surface area (Å²) in [5.74, 6) is -1.70. The van der Waals surface area contributed by atoms with Crippen molar-refractivity contribution in [2.75, 3.05) is 6.61 Å². The van der Waals surface area contributed by atoms with E-state index in [0.29, 0.717) is 0 Å². The number of aliphatic imine (C=N–C) groups is 1. The number of aromatic hydroxyl groups is 1. The molecule has 0 amide bonds. The van der Waals surface area contributed by atoms with Crippen molar-refractivity contribution >= 4 is 20.0 Å². The molecule has 5 N–H and O–H groups in total. The van der Waals surface area contributed by atoms with Crippen LogP contribution in [0.25, 0.3) is 0 Å². The van der Waals surface area contributed by atoms with Crippen LogP contribution in [0.15, 0.2) is 11.2 Å². The standard InChI is InChI=1S/C11H15N2O8P/c1-6-10(15)8(3-13-9(4-14)11(16)17)7(2-12-6)5-21-22(18,19)20/h2-3,9,14-15H,4-5H2,1H3,(H,16,17)(H2,18,19,20)/t9-/m1/s1. The minimum absolute atomic E-state index is 0.000602. The third-order valence-electron chi connectivity index (χ3n) is 2.59. The third kappa shape index (κ3) is 5.17. The molecule has 1 aromatic heterocycles. The van der Waals surface area contributed by atoms with Crippen LogP contribution in [0.4, 0.5) is 0 Å². The van der Waals surface area contributed by atoms with Gasteiger partial charge in [0.05, 0.1) is 18.9 Å². The first kappa shape index (κ1) is 18.2. The van der Waals surface area contributed by atoms with Crippen molar-refractivity contribution in [3.05, 3.63) is 23.0 Å². The van der Waals surface area contributed by atoms with Gasteiger partial charge in [0.25, 0.3) is 0 Å². The van der Waals surface area contributed by atoms with Gasteiger partial charge < -0.3 is 25.1 Å². The summed E-state index contributed by atoms with van der Waals surface area (Å²) in [6.45, 7) is 0.162. The predicted octanol–water partition coefficient (Wildman–Crippen LogP) is -0.431. The van der Waals surface area contributed by atoms with Crippen LogP contribution in [0.3, 0.4) is 0 Å². The van der Waals surface area contributed by atoms with Crippen molar-refractivity contribution in [3.63, 3.8) is 0 Å².